The van der Waals surface area contributed by atoms with Gasteiger partial charge < -0.3 is 14.8 Å². The average Bonchev–Trinajstić information content (AvgIpc) is 2.85. The highest BCUT2D eigenvalue weighted by atomic mass is 32.1. The molecule has 0 spiro atoms. The summed E-state index contributed by atoms with van der Waals surface area (Å²) in [6.07, 6.45) is 0. The van der Waals surface area contributed by atoms with Crippen molar-refractivity contribution in [3.8, 4) is 5.75 Å². The lowest BCUT2D eigenvalue weighted by atomic mass is 10.3. The molecule has 24 heavy (non-hydrogen) atoms. The van der Waals surface area contributed by atoms with E-state index in [-0.39, 0.29) is 11.4 Å². The quantitative estimate of drug-likeness (QED) is 0.805. The number of rotatable bonds is 6. The molecule has 0 unspecified atom stereocenters. The molecule has 0 atom stereocenters. The smallest absolute Gasteiger partial charge is 0.387 e. The van der Waals surface area contributed by atoms with Crippen LogP contribution in [-0.4, -0.2) is 30.1 Å². The fraction of sp³-hybridized carbons (Fsp3) is 0.267. The number of thiazole rings is 1. The van der Waals surface area contributed by atoms with Gasteiger partial charge in [-0.15, -0.1) is 11.3 Å². The van der Waals surface area contributed by atoms with E-state index >= 15 is 0 Å². The summed E-state index contributed by atoms with van der Waals surface area (Å²) in [6.45, 7) is -0.157. The maximum absolute atomic E-state index is 12.3. The minimum absolute atomic E-state index is 0.0589. The number of ether oxygens (including phenoxy) is 2. The van der Waals surface area contributed by atoms with Gasteiger partial charge in [-0.25, -0.2) is 9.78 Å². The molecule has 1 amide bonds. The van der Waals surface area contributed by atoms with Crippen LogP contribution in [0.1, 0.15) is 20.4 Å². The highest BCUT2D eigenvalue weighted by Crippen LogP contribution is 2.25. The fourth-order valence-corrected chi connectivity index (χ4v) is 2.69. The number of benzene rings is 1. The molecule has 1 aromatic carbocycles. The molecule has 0 aliphatic rings. The van der Waals surface area contributed by atoms with Crippen molar-refractivity contribution in [1.29, 1.82) is 0 Å². The van der Waals surface area contributed by atoms with Crippen molar-refractivity contribution in [3.05, 3.63) is 39.8 Å². The standard InChI is InChI=1S/C15H14F2N2O4S/c1-8-13(24-9(2)18-8)14(21)22-7-12(20)19-10-5-3-4-6-11(10)23-15(16)17/h3-6,15H,7H2,1-2H3,(H,19,20). The Morgan fingerprint density at radius 1 is 1.29 bits per heavy atom. The molecule has 2 aromatic rings. The molecule has 0 radical (unpaired) electrons. The summed E-state index contributed by atoms with van der Waals surface area (Å²) in [4.78, 5) is 28.1. The summed E-state index contributed by atoms with van der Waals surface area (Å²) in [6, 6.07) is 5.72. The van der Waals surface area contributed by atoms with Crippen molar-refractivity contribution in [2.24, 2.45) is 0 Å². The zero-order valence-electron chi connectivity index (χ0n) is 12.8. The lowest BCUT2D eigenvalue weighted by molar-refractivity contribution is -0.119. The molecular weight excluding hydrogens is 342 g/mol. The molecule has 0 aliphatic carbocycles. The van der Waals surface area contributed by atoms with Gasteiger partial charge in [0, 0.05) is 0 Å². The van der Waals surface area contributed by atoms with E-state index in [1.807, 2.05) is 0 Å². The summed E-state index contributed by atoms with van der Waals surface area (Å²) < 4.78 is 33.8. The van der Waals surface area contributed by atoms with Gasteiger partial charge in [-0.2, -0.15) is 8.78 Å². The number of para-hydroxylation sites is 2. The van der Waals surface area contributed by atoms with Gasteiger partial charge in [0.15, 0.2) is 6.61 Å². The lowest BCUT2D eigenvalue weighted by Gasteiger charge is -2.11. The van der Waals surface area contributed by atoms with E-state index in [1.54, 1.807) is 19.9 Å². The number of alkyl halides is 2. The van der Waals surface area contributed by atoms with Gasteiger partial charge in [0.05, 0.1) is 16.4 Å². The highest BCUT2D eigenvalue weighted by Gasteiger charge is 2.17. The van der Waals surface area contributed by atoms with E-state index in [0.29, 0.717) is 15.6 Å². The van der Waals surface area contributed by atoms with Crippen LogP contribution in [0.4, 0.5) is 14.5 Å². The molecular formula is C15H14F2N2O4S. The van der Waals surface area contributed by atoms with Gasteiger partial charge in [-0.05, 0) is 26.0 Å². The number of esters is 1. The summed E-state index contributed by atoms with van der Waals surface area (Å²) in [7, 11) is 0. The van der Waals surface area contributed by atoms with Crippen molar-refractivity contribution in [2.75, 3.05) is 11.9 Å². The Morgan fingerprint density at radius 2 is 2.00 bits per heavy atom. The van der Waals surface area contributed by atoms with Crippen LogP contribution in [0.3, 0.4) is 0 Å². The number of hydrogen-bond acceptors (Lipinski definition) is 6. The van der Waals surface area contributed by atoms with Crippen molar-refractivity contribution in [3.63, 3.8) is 0 Å². The molecule has 0 saturated carbocycles. The molecule has 0 saturated heterocycles. The maximum Gasteiger partial charge on any atom is 0.387 e. The SMILES string of the molecule is Cc1nc(C)c(C(=O)OCC(=O)Nc2ccccc2OC(F)F)s1. The summed E-state index contributed by atoms with van der Waals surface area (Å²) in [5, 5.41) is 3.07. The van der Waals surface area contributed by atoms with Crippen LogP contribution >= 0.6 is 11.3 Å². The number of nitrogens with zero attached hydrogens (tertiary/aromatic N) is 1. The van der Waals surface area contributed by atoms with Gasteiger partial charge in [0.25, 0.3) is 5.91 Å². The van der Waals surface area contributed by atoms with Crippen LogP contribution in [0.25, 0.3) is 0 Å². The number of aromatic nitrogens is 1. The number of nitrogens with one attached hydrogen (secondary N) is 1. The van der Waals surface area contributed by atoms with Gasteiger partial charge in [0.1, 0.15) is 10.6 Å². The summed E-state index contributed by atoms with van der Waals surface area (Å²) >= 11 is 1.17. The predicted octanol–water partition coefficient (Wildman–Crippen LogP) is 3.16. The third-order valence-corrected chi connectivity index (χ3v) is 3.85. The van der Waals surface area contributed by atoms with Gasteiger partial charge >= 0.3 is 12.6 Å². The average molecular weight is 356 g/mol. The summed E-state index contributed by atoms with van der Waals surface area (Å²) in [5.74, 6) is -1.51. The molecule has 0 bridgehead atoms. The van der Waals surface area contributed by atoms with Crippen molar-refractivity contribution in [1.82, 2.24) is 4.98 Å². The first-order valence-corrected chi connectivity index (χ1v) is 7.63. The molecule has 1 aromatic heterocycles. The first-order valence-electron chi connectivity index (χ1n) is 6.81. The van der Waals surface area contributed by atoms with E-state index in [9.17, 15) is 18.4 Å². The second kappa shape index (κ2) is 7.82. The normalized spacial score (nSPS) is 10.5. The zero-order valence-corrected chi connectivity index (χ0v) is 13.7. The number of amides is 1. The molecule has 0 fully saturated rings. The third-order valence-electron chi connectivity index (χ3n) is 2.80. The largest absolute Gasteiger partial charge is 0.451 e. The lowest BCUT2D eigenvalue weighted by Crippen LogP contribution is -2.21. The minimum atomic E-state index is -3.02. The van der Waals surface area contributed by atoms with E-state index in [4.69, 9.17) is 4.74 Å². The second-order valence-electron chi connectivity index (χ2n) is 4.65. The number of hydrogen-bond donors (Lipinski definition) is 1. The van der Waals surface area contributed by atoms with Crippen molar-refractivity contribution >= 4 is 28.9 Å². The van der Waals surface area contributed by atoms with Crippen LogP contribution in [0.2, 0.25) is 0 Å². The Bertz CT molecular complexity index is 749. The predicted molar refractivity (Wildman–Crippen MR) is 83.6 cm³/mol. The number of carbonyl (C=O) groups excluding carboxylic acids is 2. The Labute approximate surface area is 140 Å². The number of anilines is 1. The Morgan fingerprint density at radius 3 is 2.62 bits per heavy atom. The van der Waals surface area contributed by atoms with Crippen LogP contribution in [-0.2, 0) is 9.53 Å². The Balaban J connectivity index is 1.94. The summed E-state index contributed by atoms with van der Waals surface area (Å²) in [5.41, 5.74) is 0.585. The fourth-order valence-electron chi connectivity index (χ4n) is 1.87. The van der Waals surface area contributed by atoms with Gasteiger partial charge in [0.2, 0.25) is 0 Å². The zero-order chi connectivity index (χ0) is 17.7. The van der Waals surface area contributed by atoms with Crippen LogP contribution < -0.4 is 10.1 Å². The molecule has 2 rings (SSSR count). The van der Waals surface area contributed by atoms with E-state index < -0.39 is 25.1 Å². The molecule has 0 aliphatic heterocycles. The number of carbonyl (C=O) groups is 2. The van der Waals surface area contributed by atoms with E-state index in [0.717, 1.165) is 0 Å². The molecule has 6 nitrogen and oxygen atoms in total. The van der Waals surface area contributed by atoms with E-state index in [2.05, 4.69) is 15.0 Å². The van der Waals surface area contributed by atoms with Gasteiger partial charge in [-0.3, -0.25) is 4.79 Å². The maximum atomic E-state index is 12.3. The Kier molecular flexibility index (Phi) is 5.80. The number of halogens is 2. The first-order chi connectivity index (χ1) is 11.4. The van der Waals surface area contributed by atoms with Gasteiger partial charge in [-0.1, -0.05) is 12.1 Å². The third kappa shape index (κ3) is 4.72. The van der Waals surface area contributed by atoms with Crippen molar-refractivity contribution < 1.29 is 27.8 Å². The molecule has 1 N–H and O–H groups in total. The number of aryl methyl sites for hydroxylation is 2. The second-order valence-corrected chi connectivity index (χ2v) is 5.85. The van der Waals surface area contributed by atoms with Crippen LogP contribution in [0.5, 0.6) is 5.75 Å². The molecule has 1 heterocycles. The van der Waals surface area contributed by atoms with Crippen LogP contribution in [0, 0.1) is 13.8 Å². The highest BCUT2D eigenvalue weighted by molar-refractivity contribution is 7.13. The molecule has 128 valence electrons. The van der Waals surface area contributed by atoms with Crippen LogP contribution in [0.15, 0.2) is 24.3 Å². The topological polar surface area (TPSA) is 77.5 Å². The van der Waals surface area contributed by atoms with Crippen molar-refractivity contribution in [2.45, 2.75) is 20.5 Å². The monoisotopic (exact) mass is 356 g/mol. The molecule has 9 heteroatoms. The van der Waals surface area contributed by atoms with E-state index in [1.165, 1.54) is 29.5 Å². The minimum Gasteiger partial charge on any atom is -0.451 e. The first kappa shape index (κ1) is 17.8. The Hall–Kier alpha value is -2.55.